The highest BCUT2D eigenvalue weighted by atomic mass is 16.5. The molecule has 1 aliphatic heterocycles. The van der Waals surface area contributed by atoms with Gasteiger partial charge in [-0.05, 0) is 106 Å². The maximum Gasteiger partial charge on any atom is 0.143 e. The summed E-state index contributed by atoms with van der Waals surface area (Å²) in [5.41, 5.74) is 5.44. The van der Waals surface area contributed by atoms with E-state index in [-0.39, 0.29) is 63.1 Å². The summed E-state index contributed by atoms with van der Waals surface area (Å²) in [7, 11) is 0. The molecule has 3 aliphatic rings. The molecule has 0 saturated carbocycles. The van der Waals surface area contributed by atoms with Crippen LogP contribution in [0.15, 0.2) is 138 Å². The monoisotopic (exact) mass is 902 g/mol. The first-order valence-electron chi connectivity index (χ1n) is 22.0. The lowest BCUT2D eigenvalue weighted by Crippen LogP contribution is -2.26. The van der Waals surface area contributed by atoms with E-state index in [0.717, 1.165) is 0 Å². The van der Waals surface area contributed by atoms with Crippen LogP contribution in [0.3, 0.4) is 0 Å². The molecular formula is C56H38O12. The van der Waals surface area contributed by atoms with Crippen LogP contribution in [0.4, 0.5) is 0 Å². The number of hydrogen-bond acceptors (Lipinski definition) is 12. The number of phenols is 10. The minimum Gasteiger partial charge on any atom is -0.508 e. The van der Waals surface area contributed by atoms with E-state index >= 15 is 0 Å². The summed E-state index contributed by atoms with van der Waals surface area (Å²) in [6.45, 7) is 0. The summed E-state index contributed by atoms with van der Waals surface area (Å²) in [6, 6.07) is 34.9. The standard InChI is InChI=1S/C56H38O12/c57-26-7-1-23(2-8-26)43-46-35(16-30(61)19-38(46)64)51-47-36(17-31(62)20-41(47)67-55(51)25-5-11-28(59)12-6-25)49(43)50-37-18-32(63)21-42-48(37)54-53-45(34-15-29(60)13-14-33(34)56(54)68-42)39(65)22-40(66)52(53)44(50)24-3-9-27(58)10-4-24/h1-22,43-44,49-51,55,57-66H/t43-,44+,49-,50-,51+,55-/m1/s1. The smallest absolute Gasteiger partial charge is 0.143 e. The normalized spacial score (nSPS) is 20.2. The van der Waals surface area contributed by atoms with Gasteiger partial charge in [0.1, 0.15) is 80.5 Å². The highest BCUT2D eigenvalue weighted by molar-refractivity contribution is 6.33. The Bertz CT molecular complexity index is 3800. The van der Waals surface area contributed by atoms with Crippen LogP contribution in [0, 0.1) is 0 Å². The lowest BCUT2D eigenvalue weighted by atomic mass is 9.62. The minimum absolute atomic E-state index is 0.0222. The lowest BCUT2D eigenvalue weighted by molar-refractivity contribution is 0.221. The Hall–Kier alpha value is -8.90. The number of furan rings is 1. The third kappa shape index (κ3) is 5.42. The summed E-state index contributed by atoms with van der Waals surface area (Å²) in [4.78, 5) is 0. The van der Waals surface area contributed by atoms with E-state index in [9.17, 15) is 51.1 Å². The number of fused-ring (bicyclic) bond motifs is 5. The van der Waals surface area contributed by atoms with E-state index in [1.807, 2.05) is 0 Å². The lowest BCUT2D eigenvalue weighted by Gasteiger charge is -2.40. The Kier molecular flexibility index (Phi) is 8.02. The third-order valence-corrected chi connectivity index (χ3v) is 14.6. The van der Waals surface area contributed by atoms with Gasteiger partial charge in [0.25, 0.3) is 0 Å². The van der Waals surface area contributed by atoms with Crippen molar-refractivity contribution in [1.82, 2.24) is 0 Å². The van der Waals surface area contributed by atoms with Crippen LogP contribution in [0.5, 0.6) is 63.2 Å². The van der Waals surface area contributed by atoms with Crippen molar-refractivity contribution in [2.75, 3.05) is 0 Å². The first kappa shape index (κ1) is 39.5. The van der Waals surface area contributed by atoms with Crippen LogP contribution >= 0.6 is 0 Å². The number of ether oxygens (including phenoxy) is 1. The van der Waals surface area contributed by atoms with Gasteiger partial charge in [0, 0.05) is 96.9 Å². The van der Waals surface area contributed by atoms with Gasteiger partial charge in [0.2, 0.25) is 0 Å². The van der Waals surface area contributed by atoms with Crippen molar-refractivity contribution in [3.63, 3.8) is 0 Å². The highest BCUT2D eigenvalue weighted by Crippen LogP contribution is 2.68. The van der Waals surface area contributed by atoms with Gasteiger partial charge in [-0.3, -0.25) is 0 Å². The van der Waals surface area contributed by atoms with E-state index in [0.29, 0.717) is 93.7 Å². The third-order valence-electron chi connectivity index (χ3n) is 14.6. The Morgan fingerprint density at radius 1 is 0.338 bits per heavy atom. The Balaban J connectivity index is 1.25. The van der Waals surface area contributed by atoms with Gasteiger partial charge >= 0.3 is 0 Å². The molecule has 9 aromatic carbocycles. The van der Waals surface area contributed by atoms with Crippen LogP contribution in [0.1, 0.15) is 85.8 Å². The van der Waals surface area contributed by atoms with Crippen molar-refractivity contribution < 1.29 is 60.2 Å². The average molecular weight is 903 g/mol. The molecule has 334 valence electrons. The fraction of sp³-hybridized carbons (Fsp3) is 0.107. The first-order chi connectivity index (χ1) is 32.8. The summed E-state index contributed by atoms with van der Waals surface area (Å²) in [6.07, 6.45) is -0.817. The van der Waals surface area contributed by atoms with E-state index in [1.165, 1.54) is 60.7 Å². The van der Waals surface area contributed by atoms with Gasteiger partial charge in [-0.1, -0.05) is 36.4 Å². The zero-order valence-electron chi connectivity index (χ0n) is 35.5. The molecule has 2 heterocycles. The van der Waals surface area contributed by atoms with E-state index in [2.05, 4.69) is 0 Å². The predicted octanol–water partition coefficient (Wildman–Crippen LogP) is 11.4. The van der Waals surface area contributed by atoms with Gasteiger partial charge < -0.3 is 60.2 Å². The number of benzene rings is 9. The van der Waals surface area contributed by atoms with E-state index in [1.54, 1.807) is 72.8 Å². The molecule has 0 unspecified atom stereocenters. The topological polar surface area (TPSA) is 225 Å². The molecule has 1 aromatic heterocycles. The van der Waals surface area contributed by atoms with Crippen molar-refractivity contribution in [2.45, 2.75) is 35.7 Å². The second kappa shape index (κ2) is 13.8. The zero-order valence-corrected chi connectivity index (χ0v) is 35.5. The molecule has 68 heavy (non-hydrogen) atoms. The van der Waals surface area contributed by atoms with Gasteiger partial charge in [-0.25, -0.2) is 0 Å². The molecule has 0 saturated heterocycles. The van der Waals surface area contributed by atoms with Crippen molar-refractivity contribution >= 4 is 43.5 Å². The second-order valence-electron chi connectivity index (χ2n) is 18.2. The number of aromatic hydroxyl groups is 10. The molecule has 10 N–H and O–H groups in total. The van der Waals surface area contributed by atoms with Crippen LogP contribution in [0.25, 0.3) is 43.5 Å². The maximum atomic E-state index is 12.6. The second-order valence-corrected chi connectivity index (χ2v) is 18.2. The molecule has 12 nitrogen and oxygen atoms in total. The van der Waals surface area contributed by atoms with Crippen LogP contribution < -0.4 is 4.74 Å². The van der Waals surface area contributed by atoms with Crippen LogP contribution in [0.2, 0.25) is 0 Å². The molecule has 0 amide bonds. The molecular weight excluding hydrogens is 865 g/mol. The van der Waals surface area contributed by atoms with Crippen molar-refractivity contribution in [3.8, 4) is 63.2 Å². The van der Waals surface area contributed by atoms with E-state index < -0.39 is 35.7 Å². The van der Waals surface area contributed by atoms with E-state index in [4.69, 9.17) is 9.15 Å². The van der Waals surface area contributed by atoms with Gasteiger partial charge in [0.15, 0.2) is 0 Å². The van der Waals surface area contributed by atoms with Crippen molar-refractivity contribution in [2.24, 2.45) is 0 Å². The fourth-order valence-electron chi connectivity index (χ4n) is 12.2. The fourth-order valence-corrected chi connectivity index (χ4v) is 12.2. The summed E-state index contributed by atoms with van der Waals surface area (Å²) in [5, 5.41) is 118. The summed E-state index contributed by atoms with van der Waals surface area (Å²) >= 11 is 0. The Labute approximate surface area is 384 Å². The molecule has 0 bridgehead atoms. The van der Waals surface area contributed by atoms with Gasteiger partial charge in [-0.2, -0.15) is 0 Å². The molecule has 12 heteroatoms. The minimum atomic E-state index is -0.953. The maximum absolute atomic E-state index is 12.6. The molecule has 13 rings (SSSR count). The molecule has 6 atom stereocenters. The molecule has 0 fully saturated rings. The average Bonchev–Trinajstić information content (AvgIpc) is 3.80. The van der Waals surface area contributed by atoms with Gasteiger partial charge in [0.05, 0.1) is 5.92 Å². The van der Waals surface area contributed by atoms with Crippen molar-refractivity contribution in [1.29, 1.82) is 0 Å². The molecule has 10 aromatic rings. The van der Waals surface area contributed by atoms with Crippen molar-refractivity contribution in [3.05, 3.63) is 184 Å². The van der Waals surface area contributed by atoms with Gasteiger partial charge in [-0.15, -0.1) is 0 Å². The first-order valence-corrected chi connectivity index (χ1v) is 22.0. The Morgan fingerprint density at radius 2 is 0.882 bits per heavy atom. The van der Waals surface area contributed by atoms with Crippen LogP contribution in [-0.4, -0.2) is 51.1 Å². The Morgan fingerprint density at radius 3 is 1.56 bits per heavy atom. The number of rotatable bonds is 4. The number of hydrogen-bond donors (Lipinski definition) is 10. The molecule has 0 radical (unpaired) electrons. The van der Waals surface area contributed by atoms with Crippen LogP contribution in [-0.2, 0) is 0 Å². The zero-order chi connectivity index (χ0) is 46.6. The highest BCUT2D eigenvalue weighted by Gasteiger charge is 2.52. The molecule has 0 spiro atoms. The molecule has 2 aliphatic carbocycles. The largest absolute Gasteiger partial charge is 0.508 e. The predicted molar refractivity (Wildman–Crippen MR) is 252 cm³/mol. The SMILES string of the molecule is Oc1ccc([C@@H]2c3c(O)cc(O)cc3[C@H]3c4c(cc(O)cc4[C@H]2[C@@H]2c4cc(O)cc5oc6c7ccc(O)cc7c7c(O)cc(O)c(c7c6c45)[C@H]2c2ccc(O)cc2)O[C@@H]3c2ccc(O)cc2)cc1. The summed E-state index contributed by atoms with van der Waals surface area (Å²) < 4.78 is 13.6. The number of phenolic OH excluding ortho intramolecular Hbond substituents is 10. The summed E-state index contributed by atoms with van der Waals surface area (Å²) in [5.74, 6) is -5.64. The quantitative estimate of drug-likeness (QED) is 0.0745.